The summed E-state index contributed by atoms with van der Waals surface area (Å²) in [6.07, 6.45) is 4.51. The maximum atomic E-state index is 10.9. The molecule has 5 nitrogen and oxygen atoms in total. The lowest BCUT2D eigenvalue weighted by atomic mass is 10.1. The van der Waals surface area contributed by atoms with Crippen molar-refractivity contribution in [3.05, 3.63) is 108 Å². The summed E-state index contributed by atoms with van der Waals surface area (Å²) in [4.78, 5) is 9.61. The van der Waals surface area contributed by atoms with Gasteiger partial charge in [0, 0.05) is 18.2 Å². The molecule has 5 aromatic rings. The van der Waals surface area contributed by atoms with Gasteiger partial charge in [-0.1, -0.05) is 74.5 Å². The molecule has 0 fully saturated rings. The van der Waals surface area contributed by atoms with Crippen LogP contribution in [0.3, 0.4) is 0 Å². The highest BCUT2D eigenvalue weighted by molar-refractivity contribution is 5.63. The van der Waals surface area contributed by atoms with Crippen molar-refractivity contribution < 1.29 is 9.52 Å². The minimum Gasteiger partial charge on any atom is -0.493 e. The molecule has 156 valence electrons. The Morgan fingerprint density at radius 2 is 1.52 bits per heavy atom. The van der Waals surface area contributed by atoms with Crippen molar-refractivity contribution in [2.24, 2.45) is 0 Å². The van der Waals surface area contributed by atoms with E-state index in [1.54, 1.807) is 10.7 Å². The van der Waals surface area contributed by atoms with Gasteiger partial charge in [0.15, 0.2) is 5.65 Å². The molecule has 0 saturated heterocycles. The van der Waals surface area contributed by atoms with Crippen molar-refractivity contribution >= 4 is 5.65 Å². The van der Waals surface area contributed by atoms with Crippen LogP contribution >= 0.6 is 0 Å². The van der Waals surface area contributed by atoms with Crippen LogP contribution in [0.25, 0.3) is 16.9 Å². The summed E-state index contributed by atoms with van der Waals surface area (Å²) in [5.41, 5.74) is 4.97. The first kappa shape index (κ1) is 20.4. The fourth-order valence-corrected chi connectivity index (χ4v) is 3.50. The van der Waals surface area contributed by atoms with Crippen molar-refractivity contribution in [3.63, 3.8) is 0 Å². The Balaban J connectivity index is 0.00000112. The monoisotopic (exact) mass is 411 g/mol. The number of aromatic hydroxyl groups is 1. The quantitative estimate of drug-likeness (QED) is 0.391. The van der Waals surface area contributed by atoms with E-state index in [1.807, 2.05) is 80.7 Å². The number of rotatable bonds is 5. The van der Waals surface area contributed by atoms with Gasteiger partial charge in [-0.05, 0) is 17.7 Å². The van der Waals surface area contributed by atoms with E-state index in [9.17, 15) is 5.11 Å². The maximum Gasteiger partial charge on any atom is 0.219 e. The predicted octanol–water partition coefficient (Wildman–Crippen LogP) is 5.90. The van der Waals surface area contributed by atoms with Crippen LogP contribution in [0.15, 0.2) is 89.7 Å². The molecule has 5 rings (SSSR count). The molecule has 0 amide bonds. The van der Waals surface area contributed by atoms with Crippen LogP contribution in [0, 0.1) is 0 Å². The first-order valence-electron chi connectivity index (χ1n) is 10.5. The summed E-state index contributed by atoms with van der Waals surface area (Å²) in [6, 6.07) is 23.8. The summed E-state index contributed by atoms with van der Waals surface area (Å²) < 4.78 is 7.16. The van der Waals surface area contributed by atoms with Crippen molar-refractivity contribution in [1.29, 1.82) is 0 Å². The Labute approximate surface area is 181 Å². The summed E-state index contributed by atoms with van der Waals surface area (Å²) in [5.74, 6) is 0.870. The third-order valence-electron chi connectivity index (χ3n) is 4.93. The first-order valence-corrected chi connectivity index (χ1v) is 10.5. The number of benzene rings is 2. The third kappa shape index (κ3) is 4.36. The van der Waals surface area contributed by atoms with Gasteiger partial charge in [0.2, 0.25) is 5.88 Å². The average molecular weight is 412 g/mol. The Morgan fingerprint density at radius 1 is 0.806 bits per heavy atom. The molecule has 5 heteroatoms. The van der Waals surface area contributed by atoms with Gasteiger partial charge < -0.3 is 9.52 Å². The normalized spacial score (nSPS) is 10.6. The lowest BCUT2D eigenvalue weighted by Gasteiger charge is -2.08. The van der Waals surface area contributed by atoms with Crippen molar-refractivity contribution in [2.45, 2.75) is 26.7 Å². The Morgan fingerprint density at radius 3 is 2.19 bits per heavy atom. The molecule has 3 aromatic heterocycles. The average Bonchev–Trinajstić information content (AvgIpc) is 3.45. The number of fused-ring (bicyclic) bond motifs is 1. The second-order valence-electron chi connectivity index (χ2n) is 6.93. The van der Waals surface area contributed by atoms with Gasteiger partial charge in [-0.3, -0.25) is 4.40 Å². The molecule has 0 bridgehead atoms. The smallest absolute Gasteiger partial charge is 0.219 e. The van der Waals surface area contributed by atoms with E-state index in [-0.39, 0.29) is 5.88 Å². The number of hydrogen-bond donors (Lipinski definition) is 1. The number of nitrogens with zero attached hydrogens (tertiary/aromatic N) is 3. The highest BCUT2D eigenvalue weighted by atomic mass is 16.3. The Bertz CT molecular complexity index is 1240. The Hall–Kier alpha value is -3.86. The van der Waals surface area contributed by atoms with Gasteiger partial charge in [-0.2, -0.15) is 0 Å². The molecule has 31 heavy (non-hydrogen) atoms. The number of furan rings is 1. The maximum absolute atomic E-state index is 10.9. The largest absolute Gasteiger partial charge is 0.493 e. The number of hydrogen-bond acceptors (Lipinski definition) is 4. The third-order valence-corrected chi connectivity index (χ3v) is 4.93. The molecule has 0 unspecified atom stereocenters. The van der Waals surface area contributed by atoms with Gasteiger partial charge in [-0.25, -0.2) is 9.97 Å². The van der Waals surface area contributed by atoms with Crippen LogP contribution < -0.4 is 0 Å². The second-order valence-corrected chi connectivity index (χ2v) is 6.93. The summed E-state index contributed by atoms with van der Waals surface area (Å²) in [5, 5.41) is 10.9. The fraction of sp³-hybridized carbons (Fsp3) is 0.154. The molecule has 0 atom stereocenters. The van der Waals surface area contributed by atoms with Gasteiger partial charge in [0.1, 0.15) is 11.5 Å². The SMILES string of the molecule is CC.Oc1c(Cc2ccco2)nc2c(Cc3ccccc3)nc(-c3ccccc3)cn12. The second kappa shape index (κ2) is 9.30. The zero-order valence-corrected chi connectivity index (χ0v) is 17.7. The first-order chi connectivity index (χ1) is 15.3. The van der Waals surface area contributed by atoms with E-state index in [2.05, 4.69) is 12.1 Å². The molecule has 0 aliphatic heterocycles. The molecular weight excluding hydrogens is 386 g/mol. The zero-order valence-electron chi connectivity index (χ0n) is 17.7. The highest BCUT2D eigenvalue weighted by Gasteiger charge is 2.18. The van der Waals surface area contributed by atoms with E-state index in [0.717, 1.165) is 28.3 Å². The van der Waals surface area contributed by atoms with Gasteiger partial charge in [0.05, 0.1) is 24.1 Å². The predicted molar refractivity (Wildman–Crippen MR) is 122 cm³/mol. The lowest BCUT2D eigenvalue weighted by molar-refractivity contribution is 0.438. The van der Waals surface area contributed by atoms with Gasteiger partial charge in [-0.15, -0.1) is 0 Å². The number of aromatic nitrogens is 3. The van der Waals surface area contributed by atoms with Crippen LogP contribution in [0.5, 0.6) is 5.88 Å². The van der Waals surface area contributed by atoms with Crippen LogP contribution in [0.4, 0.5) is 0 Å². The fourth-order valence-electron chi connectivity index (χ4n) is 3.50. The molecule has 1 N–H and O–H groups in total. The van der Waals surface area contributed by atoms with E-state index in [4.69, 9.17) is 14.4 Å². The molecule has 0 radical (unpaired) electrons. The standard InChI is InChI=1S/C24H19N3O2.C2H6/c28-24-21(15-19-12-7-13-29-19)26-23-20(14-17-8-3-1-4-9-17)25-22(16-27(23)24)18-10-5-2-6-11-18;1-2/h1-13,16,28H,14-15H2;1-2H3. The van der Waals surface area contributed by atoms with Crippen molar-refractivity contribution in [2.75, 3.05) is 0 Å². The minimum absolute atomic E-state index is 0.116. The summed E-state index contributed by atoms with van der Waals surface area (Å²) in [7, 11) is 0. The Kier molecular flexibility index (Phi) is 6.13. The van der Waals surface area contributed by atoms with Crippen molar-refractivity contribution in [3.8, 4) is 17.1 Å². The minimum atomic E-state index is 0.116. The lowest BCUT2D eigenvalue weighted by Crippen LogP contribution is -2.00. The van der Waals surface area contributed by atoms with E-state index < -0.39 is 0 Å². The zero-order chi connectivity index (χ0) is 21.6. The van der Waals surface area contributed by atoms with Crippen LogP contribution in [-0.2, 0) is 12.8 Å². The highest BCUT2D eigenvalue weighted by Crippen LogP contribution is 2.28. The molecule has 0 aliphatic rings. The van der Waals surface area contributed by atoms with E-state index in [1.165, 1.54) is 0 Å². The summed E-state index contributed by atoms with van der Waals surface area (Å²) >= 11 is 0. The molecule has 3 heterocycles. The van der Waals surface area contributed by atoms with Crippen LogP contribution in [0.2, 0.25) is 0 Å². The molecule has 0 spiro atoms. The van der Waals surface area contributed by atoms with Crippen LogP contribution in [0.1, 0.15) is 36.6 Å². The number of imidazole rings is 1. The van der Waals surface area contributed by atoms with E-state index in [0.29, 0.717) is 24.2 Å². The van der Waals surface area contributed by atoms with Gasteiger partial charge >= 0.3 is 0 Å². The summed E-state index contributed by atoms with van der Waals surface area (Å²) in [6.45, 7) is 4.00. The topological polar surface area (TPSA) is 63.6 Å². The molecular formula is C26H25N3O2. The molecule has 0 saturated carbocycles. The van der Waals surface area contributed by atoms with Crippen molar-refractivity contribution in [1.82, 2.24) is 14.4 Å². The van der Waals surface area contributed by atoms with Gasteiger partial charge in [0.25, 0.3) is 0 Å². The molecule has 2 aromatic carbocycles. The molecule has 0 aliphatic carbocycles. The van der Waals surface area contributed by atoms with Crippen LogP contribution in [-0.4, -0.2) is 19.5 Å². The van der Waals surface area contributed by atoms with E-state index >= 15 is 0 Å².